The van der Waals surface area contributed by atoms with Gasteiger partial charge in [-0.2, -0.15) is 13.5 Å². The van der Waals surface area contributed by atoms with Gasteiger partial charge in [0.2, 0.25) is 0 Å². The molecular weight excluding hydrogens is 588 g/mol. The molecule has 0 aliphatic heterocycles. The molecule has 0 saturated heterocycles. The minimum atomic E-state index is -3.63. The Kier molecular flexibility index (Phi) is 10.3. The number of nitrogens with zero attached hydrogens (tertiary/aromatic N) is 5. The third-order valence-corrected chi connectivity index (χ3v) is 6.85. The molecule has 14 heteroatoms. The van der Waals surface area contributed by atoms with Crippen molar-refractivity contribution in [1.82, 2.24) is 25.1 Å². The first-order valence-electron chi connectivity index (χ1n) is 13.9. The molecule has 44 heavy (non-hydrogen) atoms. The average Bonchev–Trinajstić information content (AvgIpc) is 3.44. The lowest BCUT2D eigenvalue weighted by molar-refractivity contribution is 0.0526. The number of rotatable bonds is 13. The minimum absolute atomic E-state index is 0.0748. The molecule has 4 rings (SSSR count). The average molecular weight is 627 g/mol. The van der Waals surface area contributed by atoms with Gasteiger partial charge >= 0.3 is 6.09 Å². The Hall–Kier alpha value is -4.43. The summed E-state index contributed by atoms with van der Waals surface area (Å²) >= 11 is 0. The fourth-order valence-corrected chi connectivity index (χ4v) is 4.68. The van der Waals surface area contributed by atoms with Crippen molar-refractivity contribution in [3.63, 3.8) is 0 Å². The second-order valence-corrected chi connectivity index (χ2v) is 12.6. The molecule has 0 aliphatic rings. The first-order valence-corrected chi connectivity index (χ1v) is 15.8. The van der Waals surface area contributed by atoms with E-state index in [1.54, 1.807) is 37.4 Å². The van der Waals surface area contributed by atoms with E-state index in [-0.39, 0.29) is 13.2 Å². The molecule has 0 radical (unpaired) electrons. The summed E-state index contributed by atoms with van der Waals surface area (Å²) in [6.07, 6.45) is 6.53. The lowest BCUT2D eigenvalue weighted by atomic mass is 10.2. The highest BCUT2D eigenvalue weighted by Gasteiger charge is 2.17. The van der Waals surface area contributed by atoms with Crippen LogP contribution in [0.3, 0.4) is 0 Å². The van der Waals surface area contributed by atoms with Crippen LogP contribution in [-0.4, -0.2) is 80.0 Å². The molecule has 236 valence electrons. The molecule has 0 fully saturated rings. The highest BCUT2D eigenvalue weighted by molar-refractivity contribution is 7.85. The summed E-state index contributed by atoms with van der Waals surface area (Å²) in [6.45, 7) is 6.65. The van der Waals surface area contributed by atoms with E-state index in [1.165, 1.54) is 0 Å². The van der Waals surface area contributed by atoms with Crippen LogP contribution in [0.15, 0.2) is 55.0 Å². The molecule has 0 spiro atoms. The van der Waals surface area contributed by atoms with Gasteiger partial charge in [0.15, 0.2) is 0 Å². The summed E-state index contributed by atoms with van der Waals surface area (Å²) in [4.78, 5) is 23.2. The number of anilines is 2. The molecule has 0 saturated carbocycles. The number of carbonyl (C=O) groups excluding carboxylic acids is 1. The number of amides is 1. The first-order chi connectivity index (χ1) is 20.8. The summed E-state index contributed by atoms with van der Waals surface area (Å²) < 4.78 is 46.3. The van der Waals surface area contributed by atoms with Crippen LogP contribution >= 0.6 is 0 Å². The van der Waals surface area contributed by atoms with Crippen molar-refractivity contribution < 1.29 is 31.6 Å². The van der Waals surface area contributed by atoms with Crippen molar-refractivity contribution in [2.45, 2.75) is 39.3 Å². The third-order valence-electron chi connectivity index (χ3n) is 6.26. The number of hydrogen-bond acceptors (Lipinski definition) is 11. The predicted octanol–water partition coefficient (Wildman–Crippen LogP) is 4.54. The number of ether oxygens (including phenoxy) is 3. The SMILES string of the molecule is COc1cc(OC)cc(N(CCOS(C)(=O)=O)c2ccc3ncc(-c4cnn(CCCNC(=O)OC(C)(C)C)c4)nc3c2)c1. The lowest BCUT2D eigenvalue weighted by Crippen LogP contribution is -2.33. The van der Waals surface area contributed by atoms with Crippen LogP contribution in [0.2, 0.25) is 0 Å². The number of aromatic nitrogens is 4. The van der Waals surface area contributed by atoms with Crippen LogP contribution in [0.25, 0.3) is 22.3 Å². The number of hydrogen-bond donors (Lipinski definition) is 1. The third kappa shape index (κ3) is 9.28. The normalized spacial score (nSPS) is 11.8. The minimum Gasteiger partial charge on any atom is -0.497 e. The molecule has 1 amide bonds. The molecule has 1 N–H and O–H groups in total. The van der Waals surface area contributed by atoms with Gasteiger partial charge in [-0.1, -0.05) is 0 Å². The Labute approximate surface area is 257 Å². The second kappa shape index (κ2) is 13.9. The van der Waals surface area contributed by atoms with Crippen LogP contribution in [0.4, 0.5) is 16.2 Å². The van der Waals surface area contributed by atoms with Gasteiger partial charge < -0.3 is 24.4 Å². The number of carbonyl (C=O) groups is 1. The Morgan fingerprint density at radius 1 is 1.00 bits per heavy atom. The number of fused-ring (bicyclic) bond motifs is 1. The first kappa shape index (κ1) is 32.5. The van der Waals surface area contributed by atoms with E-state index in [2.05, 4.69) is 15.4 Å². The number of methoxy groups -OCH3 is 2. The van der Waals surface area contributed by atoms with Gasteiger partial charge in [0.25, 0.3) is 10.1 Å². The zero-order valence-electron chi connectivity index (χ0n) is 25.7. The van der Waals surface area contributed by atoms with E-state index in [9.17, 15) is 13.2 Å². The fourth-order valence-electron chi connectivity index (χ4n) is 4.31. The number of nitrogens with one attached hydrogen (secondary N) is 1. The van der Waals surface area contributed by atoms with Crippen molar-refractivity contribution >= 4 is 38.6 Å². The highest BCUT2D eigenvalue weighted by atomic mass is 32.2. The van der Waals surface area contributed by atoms with Crippen molar-refractivity contribution in [3.05, 3.63) is 55.0 Å². The Morgan fingerprint density at radius 3 is 2.39 bits per heavy atom. The maximum absolute atomic E-state index is 11.8. The molecule has 0 unspecified atom stereocenters. The number of alkyl carbamates (subject to hydrolysis) is 1. The summed E-state index contributed by atoms with van der Waals surface area (Å²) in [7, 11) is -0.505. The standard InChI is InChI=1S/C30H38N6O7S/c1-30(2,3)43-29(37)31-10-7-11-35-20-21(18-33-35)28-19-32-26-9-8-22(16-27(26)34-28)36(12-13-42-44(6,38)39)23-14-24(40-4)17-25(15-23)41-5/h8-9,14-20H,7,10-13H2,1-6H3,(H,31,37). The summed E-state index contributed by atoms with van der Waals surface area (Å²) in [5.41, 5.74) is 3.67. The van der Waals surface area contributed by atoms with Crippen molar-refractivity contribution in [3.8, 4) is 22.8 Å². The van der Waals surface area contributed by atoms with E-state index in [4.69, 9.17) is 23.4 Å². The van der Waals surface area contributed by atoms with Gasteiger partial charge in [0.1, 0.15) is 17.1 Å². The van der Waals surface area contributed by atoms with E-state index in [0.717, 1.165) is 17.5 Å². The molecule has 2 aromatic carbocycles. The molecule has 0 atom stereocenters. The van der Waals surface area contributed by atoms with E-state index in [0.29, 0.717) is 53.4 Å². The van der Waals surface area contributed by atoms with Crippen LogP contribution < -0.4 is 19.7 Å². The van der Waals surface area contributed by atoms with E-state index in [1.807, 2.05) is 62.2 Å². The fraction of sp³-hybridized carbons (Fsp3) is 0.400. The maximum Gasteiger partial charge on any atom is 0.407 e. The second-order valence-electron chi connectivity index (χ2n) is 11.0. The van der Waals surface area contributed by atoms with Gasteiger partial charge in [-0.25, -0.2) is 9.78 Å². The van der Waals surface area contributed by atoms with E-state index >= 15 is 0 Å². The largest absolute Gasteiger partial charge is 0.497 e. The van der Waals surface area contributed by atoms with Gasteiger partial charge in [-0.05, 0) is 45.4 Å². The molecule has 2 heterocycles. The number of aryl methyl sites for hydroxylation is 1. The Bertz CT molecular complexity index is 1680. The zero-order valence-corrected chi connectivity index (χ0v) is 26.6. The van der Waals surface area contributed by atoms with Crippen LogP contribution in [0, 0.1) is 0 Å². The van der Waals surface area contributed by atoms with Crippen LogP contribution in [-0.2, 0) is 25.6 Å². The lowest BCUT2D eigenvalue weighted by Gasteiger charge is -2.26. The van der Waals surface area contributed by atoms with E-state index < -0.39 is 21.8 Å². The molecule has 2 aromatic heterocycles. The van der Waals surface area contributed by atoms with Gasteiger partial charge in [-0.3, -0.25) is 13.8 Å². The van der Waals surface area contributed by atoms with Crippen LogP contribution in [0.1, 0.15) is 27.2 Å². The van der Waals surface area contributed by atoms with Crippen molar-refractivity contribution in [1.29, 1.82) is 0 Å². The van der Waals surface area contributed by atoms with Crippen molar-refractivity contribution in [2.75, 3.05) is 45.1 Å². The van der Waals surface area contributed by atoms with Crippen LogP contribution in [0.5, 0.6) is 11.5 Å². The Morgan fingerprint density at radius 2 is 1.73 bits per heavy atom. The smallest absolute Gasteiger partial charge is 0.407 e. The maximum atomic E-state index is 11.8. The predicted molar refractivity (Wildman–Crippen MR) is 167 cm³/mol. The zero-order chi connectivity index (χ0) is 31.9. The monoisotopic (exact) mass is 626 g/mol. The molecular formula is C30H38N6O7S. The summed E-state index contributed by atoms with van der Waals surface area (Å²) in [5, 5.41) is 7.18. The molecule has 0 bridgehead atoms. The van der Waals surface area contributed by atoms with Gasteiger partial charge in [-0.15, -0.1) is 0 Å². The quantitative estimate of drug-likeness (QED) is 0.165. The van der Waals surface area contributed by atoms with Gasteiger partial charge in [0.05, 0.1) is 56.2 Å². The highest BCUT2D eigenvalue weighted by Crippen LogP contribution is 2.34. The topological polar surface area (TPSA) is 147 Å². The molecule has 13 nitrogen and oxygen atoms in total. The molecule has 0 aliphatic carbocycles. The summed E-state index contributed by atoms with van der Waals surface area (Å²) in [6, 6.07) is 11.0. The Balaban J connectivity index is 1.54. The van der Waals surface area contributed by atoms with Crippen molar-refractivity contribution in [2.24, 2.45) is 0 Å². The number of benzene rings is 2. The summed E-state index contributed by atoms with van der Waals surface area (Å²) in [5.74, 6) is 1.16. The molecule has 4 aromatic rings. The van der Waals surface area contributed by atoms with Gasteiger partial charge in [0, 0.05) is 61.0 Å².